The van der Waals surface area contributed by atoms with E-state index in [2.05, 4.69) is 20.8 Å². The first-order valence-corrected chi connectivity index (χ1v) is 8.05. The second-order valence-corrected chi connectivity index (χ2v) is 8.59. The lowest BCUT2D eigenvalue weighted by Gasteiger charge is -2.17. The maximum Gasteiger partial charge on any atom is 0.0632 e. The van der Waals surface area contributed by atoms with Crippen LogP contribution in [0.25, 0.3) is 0 Å². The predicted molar refractivity (Wildman–Crippen MR) is 79.4 cm³/mol. The average molecular weight is 292 g/mol. The summed E-state index contributed by atoms with van der Waals surface area (Å²) in [5.74, 6) is 1.45. The van der Waals surface area contributed by atoms with Gasteiger partial charge in [0.15, 0.2) is 0 Å². The Labute approximate surface area is 115 Å². The highest BCUT2D eigenvalue weighted by Gasteiger charge is 2.13. The van der Waals surface area contributed by atoms with Crippen LogP contribution in [0.2, 0.25) is 5.02 Å². The molecular formula is C12H18ClNOS2. The SMILES string of the molecule is CC(C)(C)SCCS(=O)c1cc(Cl)ccc1N. The molecule has 0 aliphatic heterocycles. The molecule has 1 rings (SSSR count). The van der Waals surface area contributed by atoms with Crippen molar-refractivity contribution in [1.82, 2.24) is 0 Å². The summed E-state index contributed by atoms with van der Waals surface area (Å²) in [5, 5.41) is 0.575. The molecule has 0 aromatic heterocycles. The van der Waals surface area contributed by atoms with Crippen molar-refractivity contribution in [2.24, 2.45) is 0 Å². The molecule has 1 aromatic carbocycles. The third-order valence-corrected chi connectivity index (χ3v) is 5.21. The normalized spacial score (nSPS) is 13.6. The number of nitrogen functional groups attached to an aromatic ring is 1. The van der Waals surface area contributed by atoms with Gasteiger partial charge >= 0.3 is 0 Å². The fraction of sp³-hybridized carbons (Fsp3) is 0.500. The van der Waals surface area contributed by atoms with Crippen molar-refractivity contribution in [3.05, 3.63) is 23.2 Å². The summed E-state index contributed by atoms with van der Waals surface area (Å²) in [7, 11) is -1.07. The molecule has 1 unspecified atom stereocenters. The van der Waals surface area contributed by atoms with Gasteiger partial charge in [0.05, 0.1) is 15.7 Å². The van der Waals surface area contributed by atoms with E-state index in [1.807, 2.05) is 0 Å². The summed E-state index contributed by atoms with van der Waals surface area (Å²) in [6, 6.07) is 5.10. The molecule has 1 atom stereocenters. The molecule has 2 nitrogen and oxygen atoms in total. The van der Waals surface area contributed by atoms with E-state index < -0.39 is 10.8 Å². The molecule has 96 valence electrons. The number of hydrogen-bond acceptors (Lipinski definition) is 3. The fourth-order valence-electron chi connectivity index (χ4n) is 1.24. The number of halogens is 1. The van der Waals surface area contributed by atoms with E-state index in [-0.39, 0.29) is 4.75 Å². The van der Waals surface area contributed by atoms with Crippen LogP contribution in [0.15, 0.2) is 23.1 Å². The maximum absolute atomic E-state index is 12.1. The minimum atomic E-state index is -1.07. The third-order valence-electron chi connectivity index (χ3n) is 2.02. The third kappa shape index (κ3) is 5.32. The van der Waals surface area contributed by atoms with Crippen molar-refractivity contribution in [3.63, 3.8) is 0 Å². The van der Waals surface area contributed by atoms with Gasteiger partial charge in [-0.1, -0.05) is 32.4 Å². The monoisotopic (exact) mass is 291 g/mol. The Kier molecular flexibility index (Phi) is 5.35. The lowest BCUT2D eigenvalue weighted by atomic mass is 10.3. The van der Waals surface area contributed by atoms with Gasteiger partial charge in [-0.25, -0.2) is 0 Å². The topological polar surface area (TPSA) is 43.1 Å². The first kappa shape index (κ1) is 14.9. The van der Waals surface area contributed by atoms with Gasteiger partial charge in [0.2, 0.25) is 0 Å². The van der Waals surface area contributed by atoms with Crippen molar-refractivity contribution < 1.29 is 4.21 Å². The molecule has 0 heterocycles. The molecule has 17 heavy (non-hydrogen) atoms. The van der Waals surface area contributed by atoms with E-state index in [0.29, 0.717) is 21.4 Å². The minimum absolute atomic E-state index is 0.198. The van der Waals surface area contributed by atoms with E-state index in [0.717, 1.165) is 5.75 Å². The molecular weight excluding hydrogens is 274 g/mol. The number of rotatable bonds is 4. The van der Waals surface area contributed by atoms with Gasteiger partial charge in [0.25, 0.3) is 0 Å². The Balaban J connectivity index is 2.61. The summed E-state index contributed by atoms with van der Waals surface area (Å²) in [6.45, 7) is 6.44. The maximum atomic E-state index is 12.1. The van der Waals surface area contributed by atoms with Crippen molar-refractivity contribution >= 4 is 39.8 Å². The van der Waals surface area contributed by atoms with Crippen LogP contribution in [0.4, 0.5) is 5.69 Å². The van der Waals surface area contributed by atoms with Crippen LogP contribution in [0.5, 0.6) is 0 Å². The predicted octanol–water partition coefficient (Wildman–Crippen LogP) is 3.56. The standard InChI is InChI=1S/C12H18ClNOS2/c1-12(2,3)16-6-7-17(15)11-8-9(13)4-5-10(11)14/h4-5,8H,6-7,14H2,1-3H3. The number of nitrogens with two attached hydrogens (primary N) is 1. The summed E-state index contributed by atoms with van der Waals surface area (Å²) in [5.41, 5.74) is 6.34. The zero-order valence-electron chi connectivity index (χ0n) is 10.3. The van der Waals surface area contributed by atoms with E-state index in [1.54, 1.807) is 30.0 Å². The number of thioether (sulfide) groups is 1. The second-order valence-electron chi connectivity index (χ2n) is 4.69. The van der Waals surface area contributed by atoms with Crippen LogP contribution in [0, 0.1) is 0 Å². The molecule has 0 aliphatic carbocycles. The highest BCUT2D eigenvalue weighted by atomic mass is 35.5. The molecule has 0 bridgehead atoms. The number of benzene rings is 1. The molecule has 0 saturated heterocycles. The Morgan fingerprint density at radius 1 is 1.41 bits per heavy atom. The van der Waals surface area contributed by atoms with Gasteiger partial charge in [0, 0.05) is 27.0 Å². The van der Waals surface area contributed by atoms with Crippen LogP contribution >= 0.6 is 23.4 Å². The molecule has 0 fully saturated rings. The Morgan fingerprint density at radius 3 is 2.65 bits per heavy atom. The average Bonchev–Trinajstić information content (AvgIpc) is 2.19. The number of anilines is 1. The lowest BCUT2D eigenvalue weighted by molar-refractivity contribution is 0.684. The first-order valence-electron chi connectivity index (χ1n) is 5.37. The quantitative estimate of drug-likeness (QED) is 0.863. The van der Waals surface area contributed by atoms with E-state index in [9.17, 15) is 4.21 Å². The molecule has 0 spiro atoms. The fourth-order valence-corrected chi connectivity index (χ4v) is 3.84. The Hall–Kier alpha value is -0.190. The molecule has 2 N–H and O–H groups in total. The van der Waals surface area contributed by atoms with Gasteiger partial charge in [0.1, 0.15) is 0 Å². The Bertz CT molecular complexity index is 415. The van der Waals surface area contributed by atoms with Crippen molar-refractivity contribution in [2.45, 2.75) is 30.4 Å². The van der Waals surface area contributed by atoms with Gasteiger partial charge < -0.3 is 5.73 Å². The molecule has 0 radical (unpaired) electrons. The second kappa shape index (κ2) is 6.12. The van der Waals surface area contributed by atoms with Gasteiger partial charge in [-0.15, -0.1) is 0 Å². The van der Waals surface area contributed by atoms with Crippen LogP contribution < -0.4 is 5.73 Å². The lowest BCUT2D eigenvalue weighted by Crippen LogP contribution is -2.12. The van der Waals surface area contributed by atoms with Crippen LogP contribution in [-0.4, -0.2) is 20.5 Å². The smallest absolute Gasteiger partial charge is 0.0632 e. The molecule has 0 aliphatic rings. The van der Waals surface area contributed by atoms with Crippen LogP contribution in [-0.2, 0) is 10.8 Å². The van der Waals surface area contributed by atoms with Gasteiger partial charge in [-0.3, -0.25) is 4.21 Å². The largest absolute Gasteiger partial charge is 0.398 e. The van der Waals surface area contributed by atoms with Crippen LogP contribution in [0.1, 0.15) is 20.8 Å². The zero-order valence-corrected chi connectivity index (χ0v) is 12.7. The van der Waals surface area contributed by atoms with Crippen molar-refractivity contribution in [2.75, 3.05) is 17.2 Å². The highest BCUT2D eigenvalue weighted by molar-refractivity contribution is 8.01. The van der Waals surface area contributed by atoms with E-state index in [4.69, 9.17) is 17.3 Å². The summed E-state index contributed by atoms with van der Waals surface area (Å²) >= 11 is 7.67. The molecule has 5 heteroatoms. The van der Waals surface area contributed by atoms with E-state index in [1.165, 1.54) is 0 Å². The van der Waals surface area contributed by atoms with Crippen molar-refractivity contribution in [1.29, 1.82) is 0 Å². The van der Waals surface area contributed by atoms with E-state index >= 15 is 0 Å². The van der Waals surface area contributed by atoms with Gasteiger partial charge in [-0.2, -0.15) is 11.8 Å². The van der Waals surface area contributed by atoms with Gasteiger partial charge in [-0.05, 0) is 18.2 Å². The molecule has 0 amide bonds. The first-order chi connectivity index (χ1) is 7.79. The summed E-state index contributed by atoms with van der Waals surface area (Å²) in [6.07, 6.45) is 0. The number of hydrogen-bond donors (Lipinski definition) is 1. The Morgan fingerprint density at radius 2 is 2.06 bits per heavy atom. The summed E-state index contributed by atoms with van der Waals surface area (Å²) in [4.78, 5) is 0.645. The molecule has 0 saturated carbocycles. The van der Waals surface area contributed by atoms with Crippen molar-refractivity contribution in [3.8, 4) is 0 Å². The summed E-state index contributed by atoms with van der Waals surface area (Å²) < 4.78 is 12.3. The van der Waals surface area contributed by atoms with Crippen LogP contribution in [0.3, 0.4) is 0 Å². The minimum Gasteiger partial charge on any atom is -0.398 e. The highest BCUT2D eigenvalue weighted by Crippen LogP contribution is 2.25. The molecule has 1 aromatic rings. The zero-order chi connectivity index (χ0) is 13.1.